The van der Waals surface area contributed by atoms with E-state index in [4.69, 9.17) is 0 Å². The van der Waals surface area contributed by atoms with Gasteiger partial charge in [-0.25, -0.2) is 9.37 Å². The maximum atomic E-state index is 12.7. The predicted octanol–water partition coefficient (Wildman–Crippen LogP) is 3.46. The molecule has 2 aromatic rings. The van der Waals surface area contributed by atoms with E-state index in [0.29, 0.717) is 16.6 Å². The van der Waals surface area contributed by atoms with Crippen molar-refractivity contribution in [3.05, 3.63) is 46.7 Å². The van der Waals surface area contributed by atoms with E-state index >= 15 is 0 Å². The fourth-order valence-corrected chi connectivity index (χ4v) is 2.88. The lowest BCUT2D eigenvalue weighted by Crippen LogP contribution is -2.13. The Labute approximate surface area is 119 Å². The molecule has 0 unspecified atom stereocenters. The summed E-state index contributed by atoms with van der Waals surface area (Å²) in [4.78, 5) is 16.8. The molecule has 0 fully saturated rings. The third kappa shape index (κ3) is 4.65. The number of aryl methyl sites for hydroxylation is 1. The highest BCUT2D eigenvalue weighted by molar-refractivity contribution is 7.99. The molecule has 0 saturated heterocycles. The summed E-state index contributed by atoms with van der Waals surface area (Å²) >= 11 is 2.94. The molecule has 0 atom stereocenters. The van der Waals surface area contributed by atoms with Gasteiger partial charge in [0, 0.05) is 16.8 Å². The molecule has 0 aliphatic rings. The van der Waals surface area contributed by atoms with Gasteiger partial charge in [0.2, 0.25) is 5.91 Å². The maximum absolute atomic E-state index is 12.7. The number of thiazole rings is 1. The monoisotopic (exact) mass is 296 g/mol. The summed E-state index contributed by atoms with van der Waals surface area (Å²) in [6.45, 7) is 1.94. The normalized spacial score (nSPS) is 10.4. The fourth-order valence-electron chi connectivity index (χ4n) is 1.41. The number of thioether (sulfide) groups is 1. The Balaban J connectivity index is 1.73. The van der Waals surface area contributed by atoms with Crippen molar-refractivity contribution in [3.8, 4) is 0 Å². The van der Waals surface area contributed by atoms with Gasteiger partial charge in [0.05, 0.1) is 5.75 Å². The van der Waals surface area contributed by atoms with Crippen molar-refractivity contribution in [1.82, 2.24) is 4.98 Å². The number of halogens is 1. The minimum Gasteiger partial charge on any atom is -0.301 e. The van der Waals surface area contributed by atoms with Gasteiger partial charge in [0.25, 0.3) is 0 Å². The highest BCUT2D eigenvalue weighted by Gasteiger charge is 2.05. The van der Waals surface area contributed by atoms with E-state index in [2.05, 4.69) is 10.3 Å². The summed E-state index contributed by atoms with van der Waals surface area (Å²) in [5.41, 5.74) is 1.00. The summed E-state index contributed by atoms with van der Waals surface area (Å²) in [6.07, 6.45) is 1.73. The highest BCUT2D eigenvalue weighted by atomic mass is 32.2. The minimum atomic E-state index is -0.245. The van der Waals surface area contributed by atoms with Crippen molar-refractivity contribution in [2.45, 2.75) is 12.7 Å². The van der Waals surface area contributed by atoms with Crippen molar-refractivity contribution < 1.29 is 9.18 Å². The SMILES string of the molecule is Cc1cnc(NC(=O)CSCc2ccc(F)cc2)s1. The molecule has 2 rings (SSSR count). The minimum absolute atomic E-state index is 0.0681. The average molecular weight is 296 g/mol. The number of hydrogen-bond acceptors (Lipinski definition) is 4. The largest absolute Gasteiger partial charge is 0.301 e. The predicted molar refractivity (Wildman–Crippen MR) is 78.0 cm³/mol. The van der Waals surface area contributed by atoms with E-state index < -0.39 is 0 Å². The van der Waals surface area contributed by atoms with E-state index in [9.17, 15) is 9.18 Å². The molecule has 1 amide bonds. The number of carbonyl (C=O) groups is 1. The Morgan fingerprint density at radius 1 is 1.42 bits per heavy atom. The molecule has 1 aromatic heterocycles. The third-order valence-electron chi connectivity index (χ3n) is 2.28. The molecule has 0 bridgehead atoms. The molecule has 0 aliphatic heterocycles. The van der Waals surface area contributed by atoms with E-state index in [0.717, 1.165) is 10.4 Å². The number of rotatable bonds is 5. The number of nitrogens with one attached hydrogen (secondary N) is 1. The average Bonchev–Trinajstić information content (AvgIpc) is 2.77. The number of anilines is 1. The van der Waals surface area contributed by atoms with E-state index in [-0.39, 0.29) is 11.7 Å². The van der Waals surface area contributed by atoms with Crippen LogP contribution in [0.1, 0.15) is 10.4 Å². The second kappa shape index (κ2) is 6.68. The smallest absolute Gasteiger partial charge is 0.236 e. The van der Waals surface area contributed by atoms with Crippen molar-refractivity contribution in [2.24, 2.45) is 0 Å². The van der Waals surface area contributed by atoms with Crippen LogP contribution < -0.4 is 5.32 Å². The van der Waals surface area contributed by atoms with E-state index in [1.807, 2.05) is 6.92 Å². The zero-order chi connectivity index (χ0) is 13.7. The first kappa shape index (κ1) is 14.0. The molecule has 1 aromatic carbocycles. The van der Waals surface area contributed by atoms with Gasteiger partial charge in [-0.1, -0.05) is 12.1 Å². The Morgan fingerprint density at radius 3 is 2.79 bits per heavy atom. The molecule has 1 N–H and O–H groups in total. The molecule has 6 heteroatoms. The van der Waals surface area contributed by atoms with Gasteiger partial charge in [-0.05, 0) is 24.6 Å². The summed E-state index contributed by atoms with van der Waals surface area (Å²) in [6, 6.07) is 6.30. The number of carbonyl (C=O) groups excluding carboxylic acids is 1. The van der Waals surface area contributed by atoms with Crippen molar-refractivity contribution in [1.29, 1.82) is 0 Å². The van der Waals surface area contributed by atoms with Crippen LogP contribution in [0, 0.1) is 12.7 Å². The van der Waals surface area contributed by atoms with Crippen LogP contribution in [0.2, 0.25) is 0 Å². The lowest BCUT2D eigenvalue weighted by Gasteiger charge is -2.02. The molecule has 19 heavy (non-hydrogen) atoms. The van der Waals surface area contributed by atoms with Gasteiger partial charge >= 0.3 is 0 Å². The number of benzene rings is 1. The van der Waals surface area contributed by atoms with Crippen molar-refractivity contribution >= 4 is 34.1 Å². The molecule has 3 nitrogen and oxygen atoms in total. The molecule has 0 aliphatic carbocycles. The van der Waals surface area contributed by atoms with Crippen LogP contribution in [0.3, 0.4) is 0 Å². The highest BCUT2D eigenvalue weighted by Crippen LogP contribution is 2.17. The Kier molecular flexibility index (Phi) is 4.93. The van der Waals surface area contributed by atoms with Gasteiger partial charge in [-0.3, -0.25) is 4.79 Å². The molecule has 0 saturated carbocycles. The summed E-state index contributed by atoms with van der Waals surface area (Å²) in [5.74, 6) is 0.729. The molecule has 100 valence electrons. The van der Waals surface area contributed by atoms with Gasteiger partial charge in [0.15, 0.2) is 5.13 Å². The Hall–Kier alpha value is -1.40. The van der Waals surface area contributed by atoms with Gasteiger partial charge in [-0.2, -0.15) is 0 Å². The van der Waals surface area contributed by atoms with Crippen LogP contribution in [0.15, 0.2) is 30.5 Å². The van der Waals surface area contributed by atoms with Crippen LogP contribution in [0.25, 0.3) is 0 Å². The number of nitrogens with zero attached hydrogens (tertiary/aromatic N) is 1. The van der Waals surface area contributed by atoms with E-state index in [1.54, 1.807) is 18.3 Å². The number of aromatic nitrogens is 1. The first-order valence-corrected chi connectivity index (χ1v) is 7.65. The lowest BCUT2D eigenvalue weighted by atomic mass is 10.2. The molecule has 0 radical (unpaired) electrons. The molecule has 0 spiro atoms. The zero-order valence-electron chi connectivity index (χ0n) is 10.4. The first-order chi connectivity index (χ1) is 9.13. The van der Waals surface area contributed by atoms with E-state index in [1.165, 1.54) is 35.2 Å². The molecule has 1 heterocycles. The van der Waals surface area contributed by atoms with Gasteiger partial charge < -0.3 is 5.32 Å². The van der Waals surface area contributed by atoms with Crippen LogP contribution in [-0.2, 0) is 10.5 Å². The summed E-state index contributed by atoms with van der Waals surface area (Å²) in [7, 11) is 0. The molecular formula is C13H13FN2OS2. The molecular weight excluding hydrogens is 283 g/mol. The lowest BCUT2D eigenvalue weighted by molar-refractivity contribution is -0.113. The maximum Gasteiger partial charge on any atom is 0.236 e. The second-order valence-corrected chi connectivity index (χ2v) is 6.16. The van der Waals surface area contributed by atoms with Crippen molar-refractivity contribution in [3.63, 3.8) is 0 Å². The van der Waals surface area contributed by atoms with Crippen LogP contribution in [-0.4, -0.2) is 16.6 Å². The second-order valence-electron chi connectivity index (χ2n) is 3.94. The van der Waals surface area contributed by atoms with Crippen LogP contribution >= 0.6 is 23.1 Å². The topological polar surface area (TPSA) is 42.0 Å². The van der Waals surface area contributed by atoms with Crippen LogP contribution in [0.4, 0.5) is 9.52 Å². The fraction of sp³-hybridized carbons (Fsp3) is 0.231. The first-order valence-electron chi connectivity index (χ1n) is 5.68. The number of amides is 1. The third-order valence-corrected chi connectivity index (χ3v) is 4.11. The summed E-state index contributed by atoms with van der Waals surface area (Å²) in [5, 5.41) is 3.38. The standard InChI is InChI=1S/C13H13FN2OS2/c1-9-6-15-13(19-9)16-12(17)8-18-7-10-2-4-11(14)5-3-10/h2-6H,7-8H2,1H3,(H,15,16,17). The quantitative estimate of drug-likeness (QED) is 0.918. The van der Waals surface area contributed by atoms with Gasteiger partial charge in [-0.15, -0.1) is 23.1 Å². The number of hydrogen-bond donors (Lipinski definition) is 1. The summed E-state index contributed by atoms with van der Waals surface area (Å²) < 4.78 is 12.7. The zero-order valence-corrected chi connectivity index (χ0v) is 12.0. The Bertz CT molecular complexity index is 554. The van der Waals surface area contributed by atoms with Crippen molar-refractivity contribution in [2.75, 3.05) is 11.1 Å². The Morgan fingerprint density at radius 2 is 2.16 bits per heavy atom. The van der Waals surface area contributed by atoms with Gasteiger partial charge in [0.1, 0.15) is 5.82 Å². The van der Waals surface area contributed by atoms with Crippen LogP contribution in [0.5, 0.6) is 0 Å².